The van der Waals surface area contributed by atoms with E-state index in [4.69, 9.17) is 0 Å². The molecule has 1 N–H and O–H groups in total. The summed E-state index contributed by atoms with van der Waals surface area (Å²) in [5, 5.41) is 10.7. The number of rotatable bonds is 6. The van der Waals surface area contributed by atoms with Crippen LogP contribution in [0.15, 0.2) is 30.6 Å². The quantitative estimate of drug-likeness (QED) is 0.617. The lowest BCUT2D eigenvalue weighted by atomic mass is 10.1. The van der Waals surface area contributed by atoms with Crippen LogP contribution in [-0.2, 0) is 19.0 Å². The average Bonchev–Trinajstić information content (AvgIpc) is 3.10. The number of halogens is 4. The molecule has 0 spiro atoms. The number of amides is 1. The van der Waals surface area contributed by atoms with Crippen LogP contribution in [0.5, 0.6) is 0 Å². The Labute approximate surface area is 169 Å². The van der Waals surface area contributed by atoms with Gasteiger partial charge in [0.25, 0.3) is 5.91 Å². The molecule has 0 saturated carbocycles. The van der Waals surface area contributed by atoms with Crippen molar-refractivity contribution in [1.82, 2.24) is 30.3 Å². The first kappa shape index (κ1) is 21.3. The molecule has 158 valence electrons. The van der Waals surface area contributed by atoms with Gasteiger partial charge in [0.05, 0.1) is 17.0 Å². The average molecular weight is 422 g/mol. The van der Waals surface area contributed by atoms with Gasteiger partial charge in [-0.05, 0) is 37.1 Å². The number of pyridine rings is 2. The summed E-state index contributed by atoms with van der Waals surface area (Å²) in [6.07, 6.45) is -1.75. The van der Waals surface area contributed by atoms with E-state index in [0.29, 0.717) is 23.6 Å². The van der Waals surface area contributed by atoms with E-state index in [0.717, 1.165) is 17.8 Å². The largest absolute Gasteiger partial charge is 0.436 e. The number of nitrogens with zero attached hydrogens (tertiary/aromatic N) is 5. The molecule has 0 unspecified atom stereocenters. The molecule has 0 aliphatic rings. The van der Waals surface area contributed by atoms with Crippen LogP contribution in [0.25, 0.3) is 5.82 Å². The third-order valence-corrected chi connectivity index (χ3v) is 4.35. The van der Waals surface area contributed by atoms with Gasteiger partial charge in [-0.1, -0.05) is 12.1 Å². The summed E-state index contributed by atoms with van der Waals surface area (Å²) in [4.78, 5) is 19.5. The number of aromatic nitrogens is 5. The monoisotopic (exact) mass is 422 g/mol. The minimum absolute atomic E-state index is 0.0358. The lowest BCUT2D eigenvalue weighted by Crippen LogP contribution is -2.28. The smallest absolute Gasteiger partial charge is 0.352 e. The maximum absolute atomic E-state index is 14.1. The number of nitrogens with one attached hydrogen (secondary N) is 1. The second-order valence-corrected chi connectivity index (χ2v) is 6.46. The molecule has 0 aromatic carbocycles. The van der Waals surface area contributed by atoms with E-state index in [1.807, 2.05) is 26.0 Å². The topological polar surface area (TPSA) is 85.6 Å². The standard InChI is InChI=1S/C19H18F4N6O/c1-3-13-14(29(28-27-13)15-10-11(2)4-7-24-15)6-9-26-18(30)12-5-8-25-17(16(12)20)19(21,22)23/h4-5,7-8,10H,3,6,9H2,1-2H3,(H,26,30). The predicted molar refractivity (Wildman–Crippen MR) is 98.5 cm³/mol. The van der Waals surface area contributed by atoms with Gasteiger partial charge >= 0.3 is 6.18 Å². The van der Waals surface area contributed by atoms with Crippen LogP contribution in [0.3, 0.4) is 0 Å². The minimum atomic E-state index is -4.99. The zero-order valence-electron chi connectivity index (χ0n) is 16.2. The van der Waals surface area contributed by atoms with Crippen LogP contribution in [0.1, 0.15) is 39.9 Å². The number of alkyl halides is 3. The van der Waals surface area contributed by atoms with Gasteiger partial charge in [0, 0.05) is 25.4 Å². The van der Waals surface area contributed by atoms with Crippen molar-refractivity contribution in [3.05, 3.63) is 64.6 Å². The summed E-state index contributed by atoms with van der Waals surface area (Å²) in [6, 6.07) is 4.56. The van der Waals surface area contributed by atoms with Crippen LogP contribution in [0.2, 0.25) is 0 Å². The summed E-state index contributed by atoms with van der Waals surface area (Å²) in [7, 11) is 0. The highest BCUT2D eigenvalue weighted by Gasteiger charge is 2.37. The molecule has 0 aliphatic heterocycles. The summed E-state index contributed by atoms with van der Waals surface area (Å²) in [5.41, 5.74) is -0.0817. The molecule has 0 atom stereocenters. The van der Waals surface area contributed by atoms with Crippen molar-refractivity contribution in [2.45, 2.75) is 32.9 Å². The fraction of sp³-hybridized carbons (Fsp3) is 0.316. The molecule has 3 heterocycles. The van der Waals surface area contributed by atoms with Crippen LogP contribution in [-0.4, -0.2) is 37.4 Å². The molecule has 11 heteroatoms. The molecule has 3 rings (SSSR count). The zero-order chi connectivity index (χ0) is 21.9. The van der Waals surface area contributed by atoms with E-state index in [1.54, 1.807) is 10.9 Å². The van der Waals surface area contributed by atoms with E-state index in [-0.39, 0.29) is 13.0 Å². The second-order valence-electron chi connectivity index (χ2n) is 6.46. The molecule has 1 amide bonds. The maximum atomic E-state index is 14.1. The Morgan fingerprint density at radius 2 is 1.93 bits per heavy atom. The predicted octanol–water partition coefficient (Wildman–Crippen LogP) is 3.06. The summed E-state index contributed by atoms with van der Waals surface area (Å²) >= 11 is 0. The summed E-state index contributed by atoms with van der Waals surface area (Å²) < 4.78 is 54.0. The minimum Gasteiger partial charge on any atom is -0.352 e. The maximum Gasteiger partial charge on any atom is 0.436 e. The van der Waals surface area contributed by atoms with Gasteiger partial charge in [0.1, 0.15) is 0 Å². The normalized spacial score (nSPS) is 11.5. The van der Waals surface area contributed by atoms with Crippen molar-refractivity contribution < 1.29 is 22.4 Å². The Bertz CT molecular complexity index is 1060. The summed E-state index contributed by atoms with van der Waals surface area (Å²) in [5.74, 6) is -2.11. The lowest BCUT2D eigenvalue weighted by Gasteiger charge is -2.11. The van der Waals surface area contributed by atoms with E-state index in [2.05, 4.69) is 25.6 Å². The first-order valence-electron chi connectivity index (χ1n) is 9.08. The van der Waals surface area contributed by atoms with Crippen molar-refractivity contribution in [3.63, 3.8) is 0 Å². The van der Waals surface area contributed by atoms with Gasteiger partial charge in [-0.15, -0.1) is 5.10 Å². The number of hydrogen-bond donors (Lipinski definition) is 1. The molecule has 0 saturated heterocycles. The molecule has 0 aliphatic carbocycles. The number of aryl methyl sites for hydroxylation is 2. The van der Waals surface area contributed by atoms with Crippen LogP contribution in [0, 0.1) is 12.7 Å². The number of carbonyl (C=O) groups is 1. The van der Waals surface area contributed by atoms with Gasteiger partial charge < -0.3 is 5.32 Å². The molecule has 0 radical (unpaired) electrons. The van der Waals surface area contributed by atoms with E-state index >= 15 is 0 Å². The van der Waals surface area contributed by atoms with Crippen molar-refractivity contribution in [3.8, 4) is 5.82 Å². The Morgan fingerprint density at radius 3 is 2.60 bits per heavy atom. The highest BCUT2D eigenvalue weighted by Crippen LogP contribution is 2.30. The second kappa shape index (κ2) is 8.56. The Hall–Kier alpha value is -3.37. The van der Waals surface area contributed by atoms with Crippen molar-refractivity contribution in [1.29, 1.82) is 0 Å². The van der Waals surface area contributed by atoms with Crippen molar-refractivity contribution >= 4 is 5.91 Å². The van der Waals surface area contributed by atoms with E-state index < -0.39 is 29.2 Å². The van der Waals surface area contributed by atoms with Crippen LogP contribution in [0.4, 0.5) is 17.6 Å². The molecule has 3 aromatic rings. The van der Waals surface area contributed by atoms with Gasteiger partial charge in [-0.2, -0.15) is 17.9 Å². The number of carbonyl (C=O) groups excluding carboxylic acids is 1. The first-order valence-corrected chi connectivity index (χ1v) is 9.08. The molecular formula is C19H18F4N6O. The fourth-order valence-corrected chi connectivity index (χ4v) is 2.88. The Morgan fingerprint density at radius 1 is 1.20 bits per heavy atom. The van der Waals surface area contributed by atoms with Gasteiger partial charge in [-0.3, -0.25) is 4.79 Å². The third-order valence-electron chi connectivity index (χ3n) is 4.35. The number of hydrogen-bond acceptors (Lipinski definition) is 5. The molecule has 7 nitrogen and oxygen atoms in total. The van der Waals surface area contributed by atoms with Crippen molar-refractivity contribution in [2.75, 3.05) is 6.54 Å². The molecular weight excluding hydrogens is 404 g/mol. The zero-order valence-corrected chi connectivity index (χ0v) is 16.2. The van der Waals surface area contributed by atoms with Gasteiger partial charge in [0.2, 0.25) is 0 Å². The van der Waals surface area contributed by atoms with E-state index in [9.17, 15) is 22.4 Å². The van der Waals surface area contributed by atoms with E-state index in [1.165, 1.54) is 0 Å². The summed E-state index contributed by atoms with van der Waals surface area (Å²) in [6.45, 7) is 3.83. The molecule has 30 heavy (non-hydrogen) atoms. The highest BCUT2D eigenvalue weighted by atomic mass is 19.4. The Balaban J connectivity index is 1.76. The van der Waals surface area contributed by atoms with Gasteiger partial charge in [-0.25, -0.2) is 14.4 Å². The molecule has 3 aromatic heterocycles. The SMILES string of the molecule is CCc1nnn(-c2cc(C)ccn2)c1CCNC(=O)c1ccnc(C(F)(F)F)c1F. The molecule has 0 fully saturated rings. The van der Waals surface area contributed by atoms with Gasteiger partial charge in [0.15, 0.2) is 17.3 Å². The Kier molecular flexibility index (Phi) is 6.09. The van der Waals surface area contributed by atoms with Crippen molar-refractivity contribution in [2.24, 2.45) is 0 Å². The van der Waals surface area contributed by atoms with Crippen LogP contribution < -0.4 is 5.32 Å². The molecule has 0 bridgehead atoms. The fourth-order valence-electron chi connectivity index (χ4n) is 2.88. The first-order chi connectivity index (χ1) is 14.2. The lowest BCUT2D eigenvalue weighted by molar-refractivity contribution is -0.143. The third kappa shape index (κ3) is 4.44. The highest BCUT2D eigenvalue weighted by molar-refractivity contribution is 5.94. The van der Waals surface area contributed by atoms with Crippen LogP contribution >= 0.6 is 0 Å².